The van der Waals surface area contributed by atoms with Gasteiger partial charge in [0.25, 0.3) is 0 Å². The van der Waals surface area contributed by atoms with Gasteiger partial charge in [-0.05, 0) is 41.2 Å². The van der Waals surface area contributed by atoms with Crippen LogP contribution in [0.1, 0.15) is 50.7 Å². The summed E-state index contributed by atoms with van der Waals surface area (Å²) in [6.07, 6.45) is 7.14. The minimum atomic E-state index is 0.591. The average Bonchev–Trinajstić information content (AvgIpc) is 2.84. The zero-order chi connectivity index (χ0) is 12.7. The summed E-state index contributed by atoms with van der Waals surface area (Å²) in [7, 11) is 0. The van der Waals surface area contributed by atoms with E-state index in [1.165, 1.54) is 11.1 Å². The molecular formula is C15H21NO. The van der Waals surface area contributed by atoms with Gasteiger partial charge in [-0.15, -0.1) is 0 Å². The van der Waals surface area contributed by atoms with Gasteiger partial charge in [0, 0.05) is 12.4 Å². The Balaban J connectivity index is 0.000000171. The van der Waals surface area contributed by atoms with Crippen molar-refractivity contribution in [3.05, 3.63) is 54.2 Å². The number of pyridine rings is 1. The van der Waals surface area contributed by atoms with Crippen molar-refractivity contribution in [3.8, 4) is 0 Å². The highest BCUT2D eigenvalue weighted by atomic mass is 16.3. The van der Waals surface area contributed by atoms with E-state index in [0.717, 1.165) is 0 Å². The summed E-state index contributed by atoms with van der Waals surface area (Å²) >= 11 is 0. The van der Waals surface area contributed by atoms with Gasteiger partial charge in [-0.3, -0.25) is 4.98 Å². The molecule has 0 aliphatic carbocycles. The summed E-state index contributed by atoms with van der Waals surface area (Å²) in [5.41, 5.74) is 2.62. The van der Waals surface area contributed by atoms with E-state index in [1.54, 1.807) is 12.5 Å². The molecule has 2 aromatic rings. The minimum absolute atomic E-state index is 0.591. The molecule has 0 bridgehead atoms. The molecule has 0 aromatic carbocycles. The van der Waals surface area contributed by atoms with Gasteiger partial charge in [0.2, 0.25) is 0 Å². The van der Waals surface area contributed by atoms with Gasteiger partial charge in [0.15, 0.2) is 0 Å². The van der Waals surface area contributed by atoms with Crippen molar-refractivity contribution in [2.45, 2.75) is 39.5 Å². The first-order chi connectivity index (χ1) is 8.11. The van der Waals surface area contributed by atoms with Crippen LogP contribution in [0.15, 0.2) is 47.5 Å². The molecule has 0 saturated heterocycles. The number of furan rings is 1. The summed E-state index contributed by atoms with van der Waals surface area (Å²) < 4.78 is 4.88. The van der Waals surface area contributed by atoms with Gasteiger partial charge in [0.1, 0.15) is 0 Å². The van der Waals surface area contributed by atoms with Crippen LogP contribution < -0.4 is 0 Å². The van der Waals surface area contributed by atoms with E-state index in [-0.39, 0.29) is 0 Å². The Kier molecular flexibility index (Phi) is 5.47. The van der Waals surface area contributed by atoms with Crippen molar-refractivity contribution in [3.63, 3.8) is 0 Å². The molecule has 2 rings (SSSR count). The minimum Gasteiger partial charge on any atom is -0.472 e. The third kappa shape index (κ3) is 4.85. The number of hydrogen-bond acceptors (Lipinski definition) is 2. The smallest absolute Gasteiger partial charge is 0.0937 e. The van der Waals surface area contributed by atoms with Gasteiger partial charge < -0.3 is 4.42 Å². The lowest BCUT2D eigenvalue weighted by molar-refractivity contribution is 0.562. The van der Waals surface area contributed by atoms with Gasteiger partial charge in [-0.1, -0.05) is 27.7 Å². The average molecular weight is 231 g/mol. The molecule has 2 heteroatoms. The highest BCUT2D eigenvalue weighted by molar-refractivity contribution is 5.13. The topological polar surface area (TPSA) is 26.0 Å². The van der Waals surface area contributed by atoms with Gasteiger partial charge in [-0.2, -0.15) is 0 Å². The summed E-state index contributed by atoms with van der Waals surface area (Å²) in [6, 6.07) is 6.08. The molecule has 0 aliphatic rings. The number of aromatic nitrogens is 1. The van der Waals surface area contributed by atoms with Crippen molar-refractivity contribution in [2.75, 3.05) is 0 Å². The summed E-state index contributed by atoms with van der Waals surface area (Å²) in [5.74, 6) is 1.21. The van der Waals surface area contributed by atoms with Crippen LogP contribution in [0.4, 0.5) is 0 Å². The lowest BCUT2D eigenvalue weighted by Gasteiger charge is -2.01. The summed E-state index contributed by atoms with van der Waals surface area (Å²) in [5, 5.41) is 0. The molecule has 0 amide bonds. The Morgan fingerprint density at radius 1 is 0.882 bits per heavy atom. The number of rotatable bonds is 2. The highest BCUT2D eigenvalue weighted by Gasteiger charge is 1.96. The van der Waals surface area contributed by atoms with E-state index in [1.807, 2.05) is 30.6 Å². The van der Waals surface area contributed by atoms with E-state index in [0.29, 0.717) is 11.8 Å². The third-order valence-corrected chi connectivity index (χ3v) is 2.58. The lowest BCUT2D eigenvalue weighted by atomic mass is 10.1. The van der Waals surface area contributed by atoms with Crippen LogP contribution in [0.3, 0.4) is 0 Å². The van der Waals surface area contributed by atoms with Gasteiger partial charge >= 0.3 is 0 Å². The summed E-state index contributed by atoms with van der Waals surface area (Å²) in [4.78, 5) is 3.93. The highest BCUT2D eigenvalue weighted by Crippen LogP contribution is 2.12. The van der Waals surface area contributed by atoms with Crippen LogP contribution in [0.25, 0.3) is 0 Å². The predicted octanol–water partition coefficient (Wildman–Crippen LogP) is 4.61. The van der Waals surface area contributed by atoms with Crippen molar-refractivity contribution < 1.29 is 4.42 Å². The maximum Gasteiger partial charge on any atom is 0.0937 e. The Labute approximate surface area is 104 Å². The summed E-state index contributed by atoms with van der Waals surface area (Å²) in [6.45, 7) is 8.64. The first-order valence-corrected chi connectivity index (χ1v) is 6.03. The first-order valence-electron chi connectivity index (χ1n) is 6.03. The second kappa shape index (κ2) is 6.89. The number of hydrogen-bond donors (Lipinski definition) is 0. The SMILES string of the molecule is CC(C)c1ccncc1.CC(C)c1ccoc1. The maximum atomic E-state index is 4.88. The van der Waals surface area contributed by atoms with Crippen LogP contribution in [0, 0.1) is 0 Å². The van der Waals surface area contributed by atoms with E-state index in [2.05, 4.69) is 32.7 Å². The molecule has 0 aliphatic heterocycles. The van der Waals surface area contributed by atoms with Crippen LogP contribution in [-0.2, 0) is 0 Å². The standard InChI is InChI=1S/C8H11N.C7H10O/c1-7(2)8-3-5-9-6-4-8;1-6(2)7-3-4-8-5-7/h3-7H,1-2H3;3-6H,1-2H3. The van der Waals surface area contributed by atoms with Crippen LogP contribution in [0.2, 0.25) is 0 Å². The predicted molar refractivity (Wildman–Crippen MR) is 71.1 cm³/mol. The van der Waals surface area contributed by atoms with Crippen LogP contribution in [0.5, 0.6) is 0 Å². The van der Waals surface area contributed by atoms with Crippen molar-refractivity contribution in [2.24, 2.45) is 0 Å². The largest absolute Gasteiger partial charge is 0.472 e. The normalized spacial score (nSPS) is 10.2. The lowest BCUT2D eigenvalue weighted by Crippen LogP contribution is -1.85. The zero-order valence-corrected chi connectivity index (χ0v) is 11.1. The maximum absolute atomic E-state index is 4.88. The quantitative estimate of drug-likeness (QED) is 0.754. The van der Waals surface area contributed by atoms with Gasteiger partial charge in [0.05, 0.1) is 12.5 Å². The van der Waals surface area contributed by atoms with E-state index in [4.69, 9.17) is 4.42 Å². The molecular weight excluding hydrogens is 210 g/mol. The molecule has 0 unspecified atom stereocenters. The fraction of sp³-hybridized carbons (Fsp3) is 0.400. The first kappa shape index (κ1) is 13.5. The van der Waals surface area contributed by atoms with Crippen LogP contribution in [-0.4, -0.2) is 4.98 Å². The molecule has 17 heavy (non-hydrogen) atoms. The zero-order valence-electron chi connectivity index (χ0n) is 11.1. The van der Waals surface area contributed by atoms with E-state index in [9.17, 15) is 0 Å². The van der Waals surface area contributed by atoms with Crippen molar-refractivity contribution in [1.29, 1.82) is 0 Å². The Morgan fingerprint density at radius 2 is 1.47 bits per heavy atom. The second-order valence-electron chi connectivity index (χ2n) is 4.65. The Hall–Kier alpha value is -1.57. The van der Waals surface area contributed by atoms with Crippen molar-refractivity contribution >= 4 is 0 Å². The Morgan fingerprint density at radius 3 is 1.76 bits per heavy atom. The molecule has 0 spiro atoms. The van der Waals surface area contributed by atoms with E-state index < -0.39 is 0 Å². The molecule has 0 N–H and O–H groups in total. The molecule has 0 saturated carbocycles. The molecule has 92 valence electrons. The fourth-order valence-corrected chi connectivity index (χ4v) is 1.35. The fourth-order valence-electron chi connectivity index (χ4n) is 1.35. The van der Waals surface area contributed by atoms with Gasteiger partial charge in [-0.25, -0.2) is 0 Å². The number of nitrogens with zero attached hydrogens (tertiary/aromatic N) is 1. The molecule has 2 nitrogen and oxygen atoms in total. The molecule has 0 atom stereocenters. The van der Waals surface area contributed by atoms with Crippen molar-refractivity contribution in [1.82, 2.24) is 4.98 Å². The second-order valence-corrected chi connectivity index (χ2v) is 4.65. The van der Waals surface area contributed by atoms with E-state index >= 15 is 0 Å². The third-order valence-electron chi connectivity index (χ3n) is 2.58. The molecule has 2 aromatic heterocycles. The van der Waals surface area contributed by atoms with Crippen LogP contribution >= 0.6 is 0 Å². The molecule has 2 heterocycles. The molecule has 0 radical (unpaired) electrons. The monoisotopic (exact) mass is 231 g/mol. The Bertz CT molecular complexity index is 390. The molecule has 0 fully saturated rings.